The molecule has 0 spiro atoms. The van der Waals surface area contributed by atoms with Gasteiger partial charge in [-0.3, -0.25) is 4.79 Å². The van der Waals surface area contributed by atoms with Crippen LogP contribution in [0.25, 0.3) is 10.8 Å². The van der Waals surface area contributed by atoms with Gasteiger partial charge in [-0.15, -0.1) is 0 Å². The number of carbonyl (C=O) groups excluding carboxylic acids is 1. The highest BCUT2D eigenvalue weighted by molar-refractivity contribution is 5.88. The molecule has 1 N–H and O–H groups in total. The molecule has 0 aliphatic carbocycles. The van der Waals surface area contributed by atoms with Crippen molar-refractivity contribution in [1.29, 1.82) is 0 Å². The second-order valence-corrected chi connectivity index (χ2v) is 6.48. The molecule has 4 heteroatoms. The van der Waals surface area contributed by atoms with Gasteiger partial charge in [0.05, 0.1) is 19.1 Å². The molecule has 26 heavy (non-hydrogen) atoms. The molecule has 2 unspecified atom stereocenters. The van der Waals surface area contributed by atoms with Crippen LogP contribution in [0.4, 0.5) is 4.39 Å². The molecule has 3 aromatic carbocycles. The van der Waals surface area contributed by atoms with Gasteiger partial charge in [-0.1, -0.05) is 36.4 Å². The van der Waals surface area contributed by atoms with E-state index in [0.717, 1.165) is 27.6 Å². The molecule has 3 aromatic rings. The summed E-state index contributed by atoms with van der Waals surface area (Å²) >= 11 is 0. The van der Waals surface area contributed by atoms with Gasteiger partial charge in [0, 0.05) is 0 Å². The number of nitrogens with one attached hydrogen (secondary N) is 1. The predicted molar refractivity (Wildman–Crippen MR) is 102 cm³/mol. The molecule has 0 aliphatic heterocycles. The maximum absolute atomic E-state index is 13.0. The SMILES string of the molecule is COc1ccc2cc(C(C)C(=O)NC(C)c3ccc(F)cc3)ccc2c1. The summed E-state index contributed by atoms with van der Waals surface area (Å²) in [6, 6.07) is 17.9. The average Bonchev–Trinajstić information content (AvgIpc) is 2.66. The number of fused-ring (bicyclic) bond motifs is 1. The molecule has 0 heterocycles. The maximum Gasteiger partial charge on any atom is 0.227 e. The number of amides is 1. The molecular weight excluding hydrogens is 329 g/mol. The molecule has 2 atom stereocenters. The lowest BCUT2D eigenvalue weighted by Crippen LogP contribution is -2.30. The lowest BCUT2D eigenvalue weighted by molar-refractivity contribution is -0.122. The molecule has 134 valence electrons. The number of benzene rings is 3. The van der Waals surface area contributed by atoms with Gasteiger partial charge in [0.2, 0.25) is 5.91 Å². The standard InChI is InChI=1S/C22H22FNO2/c1-14(22(25)24-15(2)16-6-9-20(23)10-7-16)17-4-5-19-13-21(26-3)11-8-18(19)12-17/h4-15H,1-3H3,(H,24,25). The quantitative estimate of drug-likeness (QED) is 0.705. The van der Waals surface area contributed by atoms with Crippen LogP contribution in [0.1, 0.15) is 36.9 Å². The highest BCUT2D eigenvalue weighted by atomic mass is 19.1. The highest BCUT2D eigenvalue weighted by Gasteiger charge is 2.18. The van der Waals surface area contributed by atoms with Crippen LogP contribution in [0.2, 0.25) is 0 Å². The van der Waals surface area contributed by atoms with E-state index >= 15 is 0 Å². The molecule has 1 amide bonds. The van der Waals surface area contributed by atoms with Gasteiger partial charge in [-0.05, 0) is 60.0 Å². The van der Waals surface area contributed by atoms with E-state index in [1.807, 2.05) is 50.2 Å². The van der Waals surface area contributed by atoms with E-state index in [2.05, 4.69) is 5.32 Å². The minimum Gasteiger partial charge on any atom is -0.497 e. The van der Waals surface area contributed by atoms with Crippen LogP contribution < -0.4 is 10.1 Å². The van der Waals surface area contributed by atoms with Crippen molar-refractivity contribution >= 4 is 16.7 Å². The van der Waals surface area contributed by atoms with E-state index in [1.165, 1.54) is 12.1 Å². The first-order chi connectivity index (χ1) is 12.5. The second-order valence-electron chi connectivity index (χ2n) is 6.48. The molecule has 3 nitrogen and oxygen atoms in total. The summed E-state index contributed by atoms with van der Waals surface area (Å²) < 4.78 is 18.3. The fourth-order valence-electron chi connectivity index (χ4n) is 2.96. The van der Waals surface area contributed by atoms with Crippen LogP contribution in [0, 0.1) is 5.82 Å². The van der Waals surface area contributed by atoms with E-state index in [0.29, 0.717) is 0 Å². The number of methoxy groups -OCH3 is 1. The van der Waals surface area contributed by atoms with Crippen molar-refractivity contribution in [1.82, 2.24) is 5.32 Å². The Morgan fingerprint density at radius 2 is 1.54 bits per heavy atom. The first kappa shape index (κ1) is 17.9. The Morgan fingerprint density at radius 3 is 2.23 bits per heavy atom. The Balaban J connectivity index is 1.75. The van der Waals surface area contributed by atoms with Crippen molar-refractivity contribution in [2.24, 2.45) is 0 Å². The Morgan fingerprint density at radius 1 is 0.923 bits per heavy atom. The minimum atomic E-state index is -0.288. The van der Waals surface area contributed by atoms with Crippen molar-refractivity contribution in [3.63, 3.8) is 0 Å². The first-order valence-corrected chi connectivity index (χ1v) is 8.61. The van der Waals surface area contributed by atoms with Crippen molar-refractivity contribution in [3.8, 4) is 5.75 Å². The zero-order valence-electron chi connectivity index (χ0n) is 15.1. The monoisotopic (exact) mass is 351 g/mol. The fraction of sp³-hybridized carbons (Fsp3) is 0.227. The number of carbonyl (C=O) groups is 1. The van der Waals surface area contributed by atoms with E-state index in [1.54, 1.807) is 19.2 Å². The van der Waals surface area contributed by atoms with Crippen LogP contribution in [0.15, 0.2) is 60.7 Å². The number of rotatable bonds is 5. The maximum atomic E-state index is 13.0. The van der Waals surface area contributed by atoms with Crippen LogP contribution in [-0.2, 0) is 4.79 Å². The first-order valence-electron chi connectivity index (χ1n) is 8.61. The van der Waals surface area contributed by atoms with Gasteiger partial charge >= 0.3 is 0 Å². The third-order valence-corrected chi connectivity index (χ3v) is 4.69. The van der Waals surface area contributed by atoms with Gasteiger partial charge < -0.3 is 10.1 Å². The Hall–Kier alpha value is -2.88. The molecule has 0 fully saturated rings. The van der Waals surface area contributed by atoms with Gasteiger partial charge in [0.15, 0.2) is 0 Å². The van der Waals surface area contributed by atoms with Crippen LogP contribution in [-0.4, -0.2) is 13.0 Å². The van der Waals surface area contributed by atoms with E-state index in [9.17, 15) is 9.18 Å². The molecule has 0 saturated heterocycles. The molecule has 0 aromatic heterocycles. The van der Waals surface area contributed by atoms with Gasteiger partial charge in [-0.2, -0.15) is 0 Å². The summed E-state index contributed by atoms with van der Waals surface area (Å²) in [5.74, 6) is 0.177. The highest BCUT2D eigenvalue weighted by Crippen LogP contribution is 2.26. The van der Waals surface area contributed by atoms with Crippen molar-refractivity contribution in [2.45, 2.75) is 25.8 Å². The zero-order valence-corrected chi connectivity index (χ0v) is 15.1. The molecule has 0 saturated carbocycles. The molecule has 0 bridgehead atoms. The topological polar surface area (TPSA) is 38.3 Å². The van der Waals surface area contributed by atoms with Gasteiger partial charge in [0.1, 0.15) is 11.6 Å². The summed E-state index contributed by atoms with van der Waals surface area (Å²) in [5.41, 5.74) is 1.82. The van der Waals surface area contributed by atoms with Crippen LogP contribution in [0.5, 0.6) is 5.75 Å². The summed E-state index contributed by atoms with van der Waals surface area (Å²) in [6.07, 6.45) is 0. The number of hydrogen-bond acceptors (Lipinski definition) is 2. The fourth-order valence-corrected chi connectivity index (χ4v) is 2.96. The van der Waals surface area contributed by atoms with Crippen LogP contribution in [0.3, 0.4) is 0 Å². The lowest BCUT2D eigenvalue weighted by Gasteiger charge is -2.18. The summed E-state index contributed by atoms with van der Waals surface area (Å²) in [4.78, 5) is 12.6. The van der Waals surface area contributed by atoms with Crippen molar-refractivity contribution in [3.05, 3.63) is 77.6 Å². The second kappa shape index (κ2) is 7.56. The Labute approximate surface area is 152 Å². The van der Waals surface area contributed by atoms with E-state index < -0.39 is 0 Å². The number of halogens is 1. The van der Waals surface area contributed by atoms with E-state index in [4.69, 9.17) is 4.74 Å². The molecule has 0 radical (unpaired) electrons. The Bertz CT molecular complexity index is 921. The van der Waals surface area contributed by atoms with Crippen LogP contribution >= 0.6 is 0 Å². The number of hydrogen-bond donors (Lipinski definition) is 1. The lowest BCUT2D eigenvalue weighted by atomic mass is 9.96. The third-order valence-electron chi connectivity index (χ3n) is 4.69. The van der Waals surface area contributed by atoms with Gasteiger partial charge in [-0.25, -0.2) is 4.39 Å². The summed E-state index contributed by atoms with van der Waals surface area (Å²) in [7, 11) is 1.64. The van der Waals surface area contributed by atoms with Crippen molar-refractivity contribution in [2.75, 3.05) is 7.11 Å². The molecule has 0 aliphatic rings. The minimum absolute atomic E-state index is 0.0605. The van der Waals surface area contributed by atoms with Gasteiger partial charge in [0.25, 0.3) is 0 Å². The average molecular weight is 351 g/mol. The van der Waals surface area contributed by atoms with E-state index in [-0.39, 0.29) is 23.7 Å². The normalized spacial score (nSPS) is 13.2. The predicted octanol–water partition coefficient (Wildman–Crippen LogP) is 4.97. The van der Waals surface area contributed by atoms with Crippen molar-refractivity contribution < 1.29 is 13.9 Å². The zero-order chi connectivity index (χ0) is 18.7. The molecular formula is C22H22FNO2. The smallest absolute Gasteiger partial charge is 0.227 e. The Kier molecular flexibility index (Phi) is 5.21. The number of ether oxygens (including phenoxy) is 1. The largest absolute Gasteiger partial charge is 0.497 e. The summed E-state index contributed by atoms with van der Waals surface area (Å²) in [5, 5.41) is 5.13. The summed E-state index contributed by atoms with van der Waals surface area (Å²) in [6.45, 7) is 3.78. The third kappa shape index (κ3) is 3.85. The molecule has 3 rings (SSSR count).